The molecule has 0 aromatic heterocycles. The van der Waals surface area contributed by atoms with E-state index >= 15 is 0 Å². The minimum atomic E-state index is -0.737. The molecule has 102 valence electrons. The minimum absolute atomic E-state index is 0.737. The predicted molar refractivity (Wildman–Crippen MR) is 75.9 cm³/mol. The zero-order valence-electron chi connectivity index (χ0n) is 11.9. The van der Waals surface area contributed by atoms with Gasteiger partial charge >= 0.3 is 0 Å². The highest BCUT2D eigenvalue weighted by Gasteiger charge is 2.30. The second-order valence-electron chi connectivity index (χ2n) is 4.94. The smallest absolute Gasteiger partial charge is 0.124 e. The van der Waals surface area contributed by atoms with E-state index < -0.39 is 5.60 Å². The molecule has 0 unspecified atom stereocenters. The molecular formula is C16H26O2. The summed E-state index contributed by atoms with van der Waals surface area (Å²) in [6.45, 7) is 4.31. The molecule has 0 radical (unpaired) electrons. The Kier molecular flexibility index (Phi) is 6.20. The van der Waals surface area contributed by atoms with E-state index in [9.17, 15) is 5.11 Å². The summed E-state index contributed by atoms with van der Waals surface area (Å²) in [5.41, 5.74) is 0.202. The lowest BCUT2D eigenvalue weighted by Gasteiger charge is -2.30. The first-order chi connectivity index (χ1) is 8.68. The van der Waals surface area contributed by atoms with Crippen molar-refractivity contribution in [3.63, 3.8) is 0 Å². The van der Waals surface area contributed by atoms with Gasteiger partial charge in [-0.3, -0.25) is 0 Å². The summed E-state index contributed by atoms with van der Waals surface area (Å²) in [5.74, 6) is 0.798. The molecular weight excluding hydrogens is 224 g/mol. The molecule has 0 atom stereocenters. The van der Waals surface area contributed by atoms with Crippen molar-refractivity contribution in [1.82, 2.24) is 0 Å². The van der Waals surface area contributed by atoms with E-state index in [1.54, 1.807) is 7.11 Å². The fraction of sp³-hybridized carbons (Fsp3) is 0.625. The van der Waals surface area contributed by atoms with Gasteiger partial charge in [-0.15, -0.1) is 0 Å². The topological polar surface area (TPSA) is 29.5 Å². The number of methoxy groups -OCH3 is 1. The maximum absolute atomic E-state index is 11.0. The Morgan fingerprint density at radius 2 is 1.61 bits per heavy atom. The Labute approximate surface area is 111 Å². The van der Waals surface area contributed by atoms with Crippen molar-refractivity contribution in [2.75, 3.05) is 7.11 Å². The van der Waals surface area contributed by atoms with E-state index in [-0.39, 0.29) is 0 Å². The molecule has 2 nitrogen and oxygen atoms in total. The van der Waals surface area contributed by atoms with Crippen molar-refractivity contribution in [2.45, 2.75) is 58.0 Å². The first-order valence-corrected chi connectivity index (χ1v) is 7.03. The second-order valence-corrected chi connectivity index (χ2v) is 4.94. The highest BCUT2D eigenvalue weighted by molar-refractivity contribution is 5.37. The lowest BCUT2D eigenvalue weighted by Crippen LogP contribution is -2.26. The zero-order valence-corrected chi connectivity index (χ0v) is 11.9. The van der Waals surface area contributed by atoms with Crippen molar-refractivity contribution in [3.05, 3.63) is 29.8 Å². The second kappa shape index (κ2) is 7.42. The Hall–Kier alpha value is -1.02. The summed E-state index contributed by atoms with van der Waals surface area (Å²) in [6, 6.07) is 7.84. The molecule has 18 heavy (non-hydrogen) atoms. The number of benzene rings is 1. The molecule has 0 saturated carbocycles. The van der Waals surface area contributed by atoms with Crippen LogP contribution in [0.5, 0.6) is 5.75 Å². The highest BCUT2D eigenvalue weighted by atomic mass is 16.5. The van der Waals surface area contributed by atoms with Gasteiger partial charge in [-0.2, -0.15) is 0 Å². The molecule has 0 spiro atoms. The van der Waals surface area contributed by atoms with Crippen LogP contribution in [0.1, 0.15) is 57.9 Å². The summed E-state index contributed by atoms with van der Waals surface area (Å²) < 4.78 is 5.39. The van der Waals surface area contributed by atoms with Crippen LogP contribution in [0, 0.1) is 0 Å². The molecule has 0 bridgehead atoms. The maximum atomic E-state index is 11.0. The monoisotopic (exact) mass is 250 g/mol. The van der Waals surface area contributed by atoms with Crippen LogP contribution in [-0.4, -0.2) is 12.2 Å². The zero-order chi connectivity index (χ0) is 13.4. The average molecular weight is 250 g/mol. The van der Waals surface area contributed by atoms with Gasteiger partial charge in [0.2, 0.25) is 0 Å². The highest BCUT2D eigenvalue weighted by Crippen LogP contribution is 2.37. The normalized spacial score (nSPS) is 11.6. The van der Waals surface area contributed by atoms with Crippen molar-refractivity contribution in [1.29, 1.82) is 0 Å². The van der Waals surface area contributed by atoms with Crippen LogP contribution >= 0.6 is 0 Å². The third kappa shape index (κ3) is 3.74. The Morgan fingerprint density at radius 1 is 1.06 bits per heavy atom. The molecule has 1 aromatic carbocycles. The van der Waals surface area contributed by atoms with Gasteiger partial charge < -0.3 is 9.84 Å². The van der Waals surface area contributed by atoms with Crippen LogP contribution in [0.25, 0.3) is 0 Å². The molecule has 0 saturated heterocycles. The fourth-order valence-corrected chi connectivity index (χ4v) is 2.36. The molecule has 1 aromatic rings. The fourth-order valence-electron chi connectivity index (χ4n) is 2.36. The van der Waals surface area contributed by atoms with Gasteiger partial charge in [0.25, 0.3) is 0 Å². The van der Waals surface area contributed by atoms with Crippen molar-refractivity contribution < 1.29 is 9.84 Å². The molecule has 0 heterocycles. The quantitative estimate of drug-likeness (QED) is 0.747. The van der Waals surface area contributed by atoms with Gasteiger partial charge in [0.15, 0.2) is 0 Å². The van der Waals surface area contributed by atoms with E-state index in [0.717, 1.165) is 49.8 Å². The number of rotatable bonds is 8. The Bertz CT molecular complexity index is 339. The number of ether oxygens (including phenoxy) is 1. The summed E-state index contributed by atoms with van der Waals surface area (Å²) in [5, 5.41) is 11.0. The van der Waals surface area contributed by atoms with E-state index in [1.165, 1.54) is 0 Å². The Balaban J connectivity index is 2.99. The lowest BCUT2D eigenvalue weighted by molar-refractivity contribution is 0.0120. The van der Waals surface area contributed by atoms with Gasteiger partial charge in [0.1, 0.15) is 5.75 Å². The van der Waals surface area contributed by atoms with Crippen molar-refractivity contribution in [2.24, 2.45) is 0 Å². The number of unbranched alkanes of at least 4 members (excludes halogenated alkanes) is 2. The SMILES string of the molecule is CCCCC(O)(CCCC)c1ccccc1OC. The van der Waals surface area contributed by atoms with E-state index in [4.69, 9.17) is 4.74 Å². The molecule has 0 amide bonds. The minimum Gasteiger partial charge on any atom is -0.496 e. The van der Waals surface area contributed by atoms with Gasteiger partial charge in [0, 0.05) is 5.56 Å². The largest absolute Gasteiger partial charge is 0.496 e. The van der Waals surface area contributed by atoms with Crippen LogP contribution in [0.3, 0.4) is 0 Å². The standard InChI is InChI=1S/C16H26O2/c1-4-6-12-16(17,13-7-5-2)14-10-8-9-11-15(14)18-3/h8-11,17H,4-7,12-13H2,1-3H3. The van der Waals surface area contributed by atoms with Crippen molar-refractivity contribution >= 4 is 0 Å². The van der Waals surface area contributed by atoms with Crippen LogP contribution < -0.4 is 4.74 Å². The summed E-state index contributed by atoms with van der Waals surface area (Å²) in [6.07, 6.45) is 5.90. The number of hydrogen-bond acceptors (Lipinski definition) is 2. The van der Waals surface area contributed by atoms with Crippen LogP contribution in [0.2, 0.25) is 0 Å². The van der Waals surface area contributed by atoms with E-state index in [2.05, 4.69) is 13.8 Å². The molecule has 0 fully saturated rings. The molecule has 2 heteroatoms. The Morgan fingerprint density at radius 3 is 2.11 bits per heavy atom. The lowest BCUT2D eigenvalue weighted by atomic mass is 9.83. The van der Waals surface area contributed by atoms with Crippen molar-refractivity contribution in [3.8, 4) is 5.75 Å². The third-order valence-electron chi connectivity index (χ3n) is 3.50. The van der Waals surface area contributed by atoms with Gasteiger partial charge in [-0.05, 0) is 18.9 Å². The number of hydrogen-bond donors (Lipinski definition) is 1. The van der Waals surface area contributed by atoms with Gasteiger partial charge in [-0.1, -0.05) is 57.7 Å². The van der Waals surface area contributed by atoms with E-state index in [0.29, 0.717) is 0 Å². The van der Waals surface area contributed by atoms with Crippen LogP contribution in [-0.2, 0) is 5.60 Å². The molecule has 0 aliphatic heterocycles. The van der Waals surface area contributed by atoms with E-state index in [1.807, 2.05) is 24.3 Å². The van der Waals surface area contributed by atoms with Crippen LogP contribution in [0.15, 0.2) is 24.3 Å². The molecule has 0 aliphatic rings. The summed E-state index contributed by atoms with van der Waals surface area (Å²) in [7, 11) is 1.67. The molecule has 0 aliphatic carbocycles. The summed E-state index contributed by atoms with van der Waals surface area (Å²) in [4.78, 5) is 0. The predicted octanol–water partition coefficient (Wildman–Crippen LogP) is 4.26. The first kappa shape index (κ1) is 15.0. The summed E-state index contributed by atoms with van der Waals surface area (Å²) >= 11 is 0. The molecule has 1 rings (SSSR count). The van der Waals surface area contributed by atoms with Crippen LogP contribution in [0.4, 0.5) is 0 Å². The number of aliphatic hydroxyl groups is 1. The maximum Gasteiger partial charge on any atom is 0.124 e. The molecule has 1 N–H and O–H groups in total. The number of para-hydroxylation sites is 1. The average Bonchev–Trinajstić information content (AvgIpc) is 2.43. The van der Waals surface area contributed by atoms with Gasteiger partial charge in [0.05, 0.1) is 12.7 Å². The third-order valence-corrected chi connectivity index (χ3v) is 3.50. The first-order valence-electron chi connectivity index (χ1n) is 7.03. The van der Waals surface area contributed by atoms with Gasteiger partial charge in [-0.25, -0.2) is 0 Å².